The van der Waals surface area contributed by atoms with Crippen molar-refractivity contribution >= 4 is 11.7 Å². The van der Waals surface area contributed by atoms with Crippen molar-refractivity contribution in [3.8, 4) is 11.7 Å². The fraction of sp³-hybridized carbons (Fsp3) is 0.333. The molecule has 3 heterocycles. The third-order valence-electron chi connectivity index (χ3n) is 4.92. The zero-order chi connectivity index (χ0) is 20.8. The minimum absolute atomic E-state index is 0.114. The number of aromatic nitrogens is 4. The number of ether oxygens (including phenoxy) is 2. The van der Waals surface area contributed by atoms with Gasteiger partial charge in [0.15, 0.2) is 6.10 Å². The second-order valence-electron chi connectivity index (χ2n) is 6.88. The van der Waals surface area contributed by atoms with E-state index in [1.807, 2.05) is 35.2 Å². The first-order valence-corrected chi connectivity index (χ1v) is 9.81. The average molecular weight is 408 g/mol. The first kappa shape index (κ1) is 19.8. The van der Waals surface area contributed by atoms with Crippen molar-refractivity contribution in [1.82, 2.24) is 24.8 Å². The summed E-state index contributed by atoms with van der Waals surface area (Å²) in [6.07, 6.45) is 7.02. The molecular formula is C21H24N6O3. The fourth-order valence-corrected chi connectivity index (χ4v) is 3.27. The summed E-state index contributed by atoms with van der Waals surface area (Å²) in [5, 5.41) is 2.97. The van der Waals surface area contributed by atoms with Crippen LogP contribution < -0.4 is 15.0 Å². The van der Waals surface area contributed by atoms with Crippen LogP contribution >= 0.6 is 0 Å². The lowest BCUT2D eigenvalue weighted by molar-refractivity contribution is -0.133. The Morgan fingerprint density at radius 1 is 1.27 bits per heavy atom. The Morgan fingerprint density at radius 3 is 2.90 bits per heavy atom. The molecule has 1 N–H and O–H groups in total. The zero-order valence-electron chi connectivity index (χ0n) is 16.8. The number of methoxy groups -OCH3 is 1. The van der Waals surface area contributed by atoms with Gasteiger partial charge in [-0.1, -0.05) is 12.1 Å². The fourth-order valence-electron chi connectivity index (χ4n) is 3.27. The summed E-state index contributed by atoms with van der Waals surface area (Å²) in [5.41, 5.74) is 1.13. The Balaban J connectivity index is 1.32. The molecule has 1 aliphatic rings. The standard InChI is InChI=1S/C21H24N6O3/c1-29-17-4-2-16(3-5-17)6-8-23-20(28)18-14-26(12-13-30-18)19-7-9-24-21(25-19)27-11-10-22-15-27/h2-5,7,9-11,15,18H,6,8,12-14H2,1H3,(H,23,28). The molecule has 0 radical (unpaired) electrons. The minimum Gasteiger partial charge on any atom is -0.497 e. The van der Waals surface area contributed by atoms with Crippen molar-refractivity contribution in [2.24, 2.45) is 0 Å². The average Bonchev–Trinajstić information content (AvgIpc) is 3.35. The van der Waals surface area contributed by atoms with Crippen LogP contribution in [0.3, 0.4) is 0 Å². The number of amides is 1. The van der Waals surface area contributed by atoms with Gasteiger partial charge in [-0.25, -0.2) is 9.97 Å². The van der Waals surface area contributed by atoms with Gasteiger partial charge >= 0.3 is 0 Å². The van der Waals surface area contributed by atoms with E-state index in [-0.39, 0.29) is 5.91 Å². The van der Waals surface area contributed by atoms with E-state index < -0.39 is 6.10 Å². The predicted molar refractivity (Wildman–Crippen MR) is 111 cm³/mol. The Bertz CT molecular complexity index is 961. The molecule has 0 bridgehead atoms. The second kappa shape index (κ2) is 9.36. The number of anilines is 1. The van der Waals surface area contributed by atoms with Crippen molar-refractivity contribution in [3.05, 3.63) is 60.8 Å². The van der Waals surface area contributed by atoms with E-state index in [1.54, 1.807) is 36.6 Å². The highest BCUT2D eigenvalue weighted by Crippen LogP contribution is 2.16. The van der Waals surface area contributed by atoms with Crippen molar-refractivity contribution < 1.29 is 14.3 Å². The summed E-state index contributed by atoms with van der Waals surface area (Å²) in [6.45, 7) is 2.11. The highest BCUT2D eigenvalue weighted by Gasteiger charge is 2.27. The molecular weight excluding hydrogens is 384 g/mol. The highest BCUT2D eigenvalue weighted by molar-refractivity contribution is 5.81. The van der Waals surface area contributed by atoms with Gasteiger partial charge < -0.3 is 19.7 Å². The van der Waals surface area contributed by atoms with Crippen LogP contribution in [0.2, 0.25) is 0 Å². The van der Waals surface area contributed by atoms with Crippen LogP contribution in [0.5, 0.6) is 5.75 Å². The van der Waals surface area contributed by atoms with E-state index in [2.05, 4.69) is 20.3 Å². The minimum atomic E-state index is -0.540. The molecule has 0 saturated carbocycles. The van der Waals surface area contributed by atoms with Gasteiger partial charge in [0, 0.05) is 31.7 Å². The quantitative estimate of drug-likeness (QED) is 0.628. The van der Waals surface area contributed by atoms with E-state index in [0.29, 0.717) is 32.2 Å². The number of benzene rings is 1. The molecule has 1 aliphatic heterocycles. The molecule has 1 fully saturated rings. The number of nitrogens with one attached hydrogen (secondary N) is 1. The van der Waals surface area contributed by atoms with E-state index in [0.717, 1.165) is 23.6 Å². The summed E-state index contributed by atoms with van der Waals surface area (Å²) >= 11 is 0. The SMILES string of the molecule is COc1ccc(CCNC(=O)C2CN(c3ccnc(-n4ccnc4)n3)CCO2)cc1. The first-order chi connectivity index (χ1) is 14.7. The van der Waals surface area contributed by atoms with Crippen molar-refractivity contribution in [2.45, 2.75) is 12.5 Å². The van der Waals surface area contributed by atoms with Crippen LogP contribution in [0.25, 0.3) is 5.95 Å². The zero-order valence-corrected chi connectivity index (χ0v) is 16.8. The van der Waals surface area contributed by atoms with Crippen molar-refractivity contribution in [3.63, 3.8) is 0 Å². The van der Waals surface area contributed by atoms with Gasteiger partial charge in [0.1, 0.15) is 17.9 Å². The van der Waals surface area contributed by atoms with Gasteiger partial charge in [-0.15, -0.1) is 0 Å². The molecule has 4 rings (SSSR count). The molecule has 9 nitrogen and oxygen atoms in total. The van der Waals surface area contributed by atoms with Gasteiger partial charge in [-0.3, -0.25) is 9.36 Å². The van der Waals surface area contributed by atoms with Gasteiger partial charge in [0.2, 0.25) is 5.95 Å². The normalized spacial score (nSPS) is 16.3. The first-order valence-electron chi connectivity index (χ1n) is 9.81. The summed E-state index contributed by atoms with van der Waals surface area (Å²) in [4.78, 5) is 27.5. The van der Waals surface area contributed by atoms with Gasteiger partial charge in [0.05, 0.1) is 20.3 Å². The van der Waals surface area contributed by atoms with E-state index in [4.69, 9.17) is 9.47 Å². The number of hydrogen-bond acceptors (Lipinski definition) is 7. The van der Waals surface area contributed by atoms with Crippen LogP contribution in [0.1, 0.15) is 5.56 Å². The molecule has 3 aromatic rings. The van der Waals surface area contributed by atoms with Gasteiger partial charge in [-0.2, -0.15) is 4.98 Å². The molecule has 1 unspecified atom stereocenters. The smallest absolute Gasteiger partial charge is 0.250 e. The summed E-state index contributed by atoms with van der Waals surface area (Å²) < 4.78 is 12.6. The summed E-state index contributed by atoms with van der Waals surface area (Å²) in [7, 11) is 1.64. The number of carbonyl (C=O) groups excluding carboxylic acids is 1. The van der Waals surface area contributed by atoms with Crippen LogP contribution in [0.15, 0.2) is 55.2 Å². The van der Waals surface area contributed by atoms with Crippen molar-refractivity contribution in [1.29, 1.82) is 0 Å². The number of hydrogen-bond donors (Lipinski definition) is 1. The number of imidazole rings is 1. The monoisotopic (exact) mass is 408 g/mol. The molecule has 0 spiro atoms. The number of morpholine rings is 1. The largest absolute Gasteiger partial charge is 0.497 e. The highest BCUT2D eigenvalue weighted by atomic mass is 16.5. The molecule has 0 aliphatic carbocycles. The maximum atomic E-state index is 12.6. The lowest BCUT2D eigenvalue weighted by Gasteiger charge is -2.33. The lowest BCUT2D eigenvalue weighted by atomic mass is 10.1. The summed E-state index contributed by atoms with van der Waals surface area (Å²) in [6, 6.07) is 9.66. The maximum Gasteiger partial charge on any atom is 0.250 e. The van der Waals surface area contributed by atoms with Crippen molar-refractivity contribution in [2.75, 3.05) is 38.3 Å². The molecule has 1 saturated heterocycles. The predicted octanol–water partition coefficient (Wildman–Crippen LogP) is 1.23. The third-order valence-corrected chi connectivity index (χ3v) is 4.92. The van der Waals surface area contributed by atoms with E-state index in [9.17, 15) is 4.79 Å². The number of rotatable bonds is 7. The Hall–Kier alpha value is -3.46. The molecule has 1 atom stereocenters. The van der Waals surface area contributed by atoms with Crippen LogP contribution in [-0.4, -0.2) is 64.9 Å². The lowest BCUT2D eigenvalue weighted by Crippen LogP contribution is -2.50. The van der Waals surface area contributed by atoms with E-state index >= 15 is 0 Å². The number of carbonyl (C=O) groups is 1. The molecule has 9 heteroatoms. The Kier molecular flexibility index (Phi) is 6.19. The Morgan fingerprint density at radius 2 is 2.13 bits per heavy atom. The second-order valence-corrected chi connectivity index (χ2v) is 6.88. The molecule has 156 valence electrons. The van der Waals surface area contributed by atoms with Crippen LogP contribution in [0, 0.1) is 0 Å². The molecule has 2 aromatic heterocycles. The topological polar surface area (TPSA) is 94.4 Å². The Labute approximate surface area is 174 Å². The maximum absolute atomic E-state index is 12.6. The molecule has 1 amide bonds. The summed E-state index contributed by atoms with van der Waals surface area (Å²) in [5.74, 6) is 2.00. The van der Waals surface area contributed by atoms with Crippen LogP contribution in [0.4, 0.5) is 5.82 Å². The molecule has 30 heavy (non-hydrogen) atoms. The van der Waals surface area contributed by atoms with Gasteiger partial charge in [-0.05, 0) is 30.2 Å². The van der Waals surface area contributed by atoms with Gasteiger partial charge in [0.25, 0.3) is 5.91 Å². The number of nitrogens with zero attached hydrogens (tertiary/aromatic N) is 5. The third kappa shape index (κ3) is 4.74. The molecule has 1 aromatic carbocycles. The van der Waals surface area contributed by atoms with E-state index in [1.165, 1.54) is 0 Å². The van der Waals surface area contributed by atoms with Crippen LogP contribution in [-0.2, 0) is 16.0 Å².